The van der Waals surface area contributed by atoms with Crippen LogP contribution in [0.25, 0.3) is 0 Å². The van der Waals surface area contributed by atoms with Crippen molar-refractivity contribution < 1.29 is 9.53 Å². The van der Waals surface area contributed by atoms with Gasteiger partial charge in [-0.1, -0.05) is 6.07 Å². The first-order valence-corrected chi connectivity index (χ1v) is 8.09. The van der Waals surface area contributed by atoms with E-state index < -0.39 is 0 Å². The molecule has 1 heterocycles. The smallest absolute Gasteiger partial charge is 0.225 e. The van der Waals surface area contributed by atoms with Crippen LogP contribution in [-0.4, -0.2) is 24.6 Å². The fourth-order valence-electron chi connectivity index (χ4n) is 3.21. The molecule has 2 aliphatic rings. The van der Waals surface area contributed by atoms with Crippen LogP contribution in [0.15, 0.2) is 24.3 Å². The fourth-order valence-corrected chi connectivity index (χ4v) is 3.21. The van der Waals surface area contributed by atoms with E-state index in [9.17, 15) is 4.79 Å². The highest BCUT2D eigenvalue weighted by Gasteiger charge is 2.18. The Balaban J connectivity index is 0.00000176. The third kappa shape index (κ3) is 4.89. The van der Waals surface area contributed by atoms with Crippen LogP contribution < -0.4 is 15.4 Å². The normalized spacial score (nSPS) is 21.4. The lowest BCUT2D eigenvalue weighted by Crippen LogP contribution is -2.27. The molecule has 2 N–H and O–H groups in total. The summed E-state index contributed by atoms with van der Waals surface area (Å²) in [6.07, 6.45) is 7.96. The molecule has 0 bridgehead atoms. The molecule has 5 heteroatoms. The minimum Gasteiger partial charge on any atom is -0.490 e. The van der Waals surface area contributed by atoms with Gasteiger partial charge >= 0.3 is 0 Å². The zero-order valence-corrected chi connectivity index (χ0v) is 13.7. The number of halogens is 1. The summed E-state index contributed by atoms with van der Waals surface area (Å²) >= 11 is 0. The van der Waals surface area contributed by atoms with Gasteiger partial charge in [0.1, 0.15) is 5.75 Å². The van der Waals surface area contributed by atoms with Gasteiger partial charge in [0, 0.05) is 24.2 Å². The van der Waals surface area contributed by atoms with Gasteiger partial charge in [-0.2, -0.15) is 0 Å². The summed E-state index contributed by atoms with van der Waals surface area (Å²) in [6.45, 7) is 1.03. The Morgan fingerprint density at radius 1 is 1.23 bits per heavy atom. The maximum Gasteiger partial charge on any atom is 0.225 e. The second-order valence-electron chi connectivity index (χ2n) is 6.10. The number of carbonyl (C=O) groups is 1. The molecular weight excluding hydrogens is 300 g/mol. The summed E-state index contributed by atoms with van der Waals surface area (Å²) in [5, 5.41) is 6.32. The quantitative estimate of drug-likeness (QED) is 0.871. The van der Waals surface area contributed by atoms with Gasteiger partial charge in [0.05, 0.1) is 6.10 Å². The van der Waals surface area contributed by atoms with E-state index in [0.717, 1.165) is 37.2 Å². The Morgan fingerprint density at radius 2 is 2.05 bits per heavy atom. The maximum atomic E-state index is 12.0. The summed E-state index contributed by atoms with van der Waals surface area (Å²) in [6, 6.07) is 8.09. The van der Waals surface area contributed by atoms with E-state index in [1.165, 1.54) is 19.3 Å². The first-order valence-electron chi connectivity index (χ1n) is 8.09. The molecule has 122 valence electrons. The Bertz CT molecular complexity index is 483. The number of amides is 1. The summed E-state index contributed by atoms with van der Waals surface area (Å²) in [5.41, 5.74) is 0.827. The lowest BCUT2D eigenvalue weighted by molar-refractivity contribution is -0.116. The van der Waals surface area contributed by atoms with Crippen LogP contribution in [0.4, 0.5) is 5.69 Å². The van der Waals surface area contributed by atoms with Gasteiger partial charge in [0.2, 0.25) is 5.91 Å². The first kappa shape index (κ1) is 17.1. The van der Waals surface area contributed by atoms with Crippen molar-refractivity contribution >= 4 is 24.0 Å². The van der Waals surface area contributed by atoms with Crippen molar-refractivity contribution in [2.45, 2.75) is 57.1 Å². The highest BCUT2D eigenvalue weighted by Crippen LogP contribution is 2.25. The molecule has 3 rings (SSSR count). The monoisotopic (exact) mass is 324 g/mol. The van der Waals surface area contributed by atoms with Crippen LogP contribution in [0.1, 0.15) is 44.9 Å². The van der Waals surface area contributed by atoms with Crippen molar-refractivity contribution in [1.29, 1.82) is 0 Å². The molecule has 2 fully saturated rings. The largest absolute Gasteiger partial charge is 0.490 e. The van der Waals surface area contributed by atoms with Gasteiger partial charge in [-0.25, -0.2) is 0 Å². The molecule has 1 aliphatic carbocycles. The zero-order valence-electron chi connectivity index (χ0n) is 12.8. The van der Waals surface area contributed by atoms with Gasteiger partial charge in [-0.3, -0.25) is 4.79 Å². The van der Waals surface area contributed by atoms with E-state index in [2.05, 4.69) is 10.6 Å². The predicted molar refractivity (Wildman–Crippen MR) is 90.8 cm³/mol. The third-order valence-electron chi connectivity index (χ3n) is 4.32. The Kier molecular flexibility index (Phi) is 6.52. The average molecular weight is 325 g/mol. The Hall–Kier alpha value is -1.26. The maximum absolute atomic E-state index is 12.0. The topological polar surface area (TPSA) is 50.4 Å². The molecule has 4 nitrogen and oxygen atoms in total. The van der Waals surface area contributed by atoms with Crippen molar-refractivity contribution in [2.24, 2.45) is 0 Å². The second kappa shape index (κ2) is 8.39. The van der Waals surface area contributed by atoms with Crippen molar-refractivity contribution in [3.63, 3.8) is 0 Å². The van der Waals surface area contributed by atoms with Gasteiger partial charge in [-0.15, -0.1) is 12.4 Å². The van der Waals surface area contributed by atoms with Gasteiger partial charge < -0.3 is 15.4 Å². The van der Waals surface area contributed by atoms with Gasteiger partial charge in [0.15, 0.2) is 0 Å². The second-order valence-corrected chi connectivity index (χ2v) is 6.10. The SMILES string of the molecule is Cl.O=C(CC1CCCN1)Nc1cccc(OC2CCCC2)c1. The highest BCUT2D eigenvalue weighted by molar-refractivity contribution is 5.91. The van der Waals surface area contributed by atoms with E-state index in [0.29, 0.717) is 18.6 Å². The fraction of sp³-hybridized carbons (Fsp3) is 0.588. The number of anilines is 1. The molecule has 1 aromatic rings. The summed E-state index contributed by atoms with van der Waals surface area (Å²) < 4.78 is 5.97. The molecule has 0 aromatic heterocycles. The van der Waals surface area contributed by atoms with Crippen molar-refractivity contribution in [3.05, 3.63) is 24.3 Å². The molecular formula is C17H25ClN2O2. The number of ether oxygens (including phenoxy) is 1. The zero-order chi connectivity index (χ0) is 14.5. The predicted octanol–water partition coefficient (Wildman–Crippen LogP) is 3.51. The van der Waals surface area contributed by atoms with E-state index in [1.54, 1.807) is 0 Å². The summed E-state index contributed by atoms with van der Waals surface area (Å²) in [5.74, 6) is 0.936. The first-order chi connectivity index (χ1) is 10.3. The van der Waals surface area contributed by atoms with Crippen LogP contribution in [0.3, 0.4) is 0 Å². The average Bonchev–Trinajstić information content (AvgIpc) is 3.12. The van der Waals surface area contributed by atoms with Crippen LogP contribution in [0, 0.1) is 0 Å². The van der Waals surface area contributed by atoms with Crippen LogP contribution in [0.5, 0.6) is 5.75 Å². The van der Waals surface area contributed by atoms with Crippen LogP contribution >= 0.6 is 12.4 Å². The van der Waals surface area contributed by atoms with Crippen molar-refractivity contribution in [3.8, 4) is 5.75 Å². The van der Waals surface area contributed by atoms with Gasteiger partial charge in [0.25, 0.3) is 0 Å². The molecule has 0 spiro atoms. The highest BCUT2D eigenvalue weighted by atomic mass is 35.5. The summed E-state index contributed by atoms with van der Waals surface area (Å²) in [7, 11) is 0. The molecule has 0 radical (unpaired) electrons. The molecule has 1 unspecified atom stereocenters. The third-order valence-corrected chi connectivity index (χ3v) is 4.32. The van der Waals surface area contributed by atoms with Crippen LogP contribution in [0.2, 0.25) is 0 Å². The molecule has 1 aliphatic heterocycles. The number of nitrogens with one attached hydrogen (secondary N) is 2. The van der Waals surface area contributed by atoms with E-state index in [1.807, 2.05) is 24.3 Å². The number of carbonyl (C=O) groups excluding carboxylic acids is 1. The Labute approximate surface area is 138 Å². The lowest BCUT2D eigenvalue weighted by atomic mass is 10.1. The molecule has 1 amide bonds. The Morgan fingerprint density at radius 3 is 2.77 bits per heavy atom. The van der Waals surface area contributed by atoms with Crippen molar-refractivity contribution in [2.75, 3.05) is 11.9 Å². The molecule has 22 heavy (non-hydrogen) atoms. The molecule has 1 atom stereocenters. The van der Waals surface area contributed by atoms with E-state index in [4.69, 9.17) is 4.74 Å². The standard InChI is InChI=1S/C17H24N2O2.ClH/c20-17(12-13-6-4-10-18-13)19-14-5-3-9-16(11-14)21-15-7-1-2-8-15;/h3,5,9,11,13,15,18H,1-2,4,6-8,10,12H2,(H,19,20);1H. The number of benzene rings is 1. The van der Waals surface area contributed by atoms with E-state index >= 15 is 0 Å². The number of rotatable bonds is 5. The lowest BCUT2D eigenvalue weighted by Gasteiger charge is -2.14. The molecule has 1 aromatic carbocycles. The molecule has 1 saturated heterocycles. The van der Waals surface area contributed by atoms with Gasteiger partial charge in [-0.05, 0) is 57.2 Å². The number of hydrogen-bond acceptors (Lipinski definition) is 3. The minimum absolute atomic E-state index is 0. The van der Waals surface area contributed by atoms with Crippen molar-refractivity contribution in [1.82, 2.24) is 5.32 Å². The summed E-state index contributed by atoms with van der Waals surface area (Å²) in [4.78, 5) is 12.0. The molecule has 1 saturated carbocycles. The van der Waals surface area contributed by atoms with E-state index in [-0.39, 0.29) is 18.3 Å². The minimum atomic E-state index is 0. The van der Waals surface area contributed by atoms with Crippen LogP contribution in [-0.2, 0) is 4.79 Å². The number of hydrogen-bond donors (Lipinski definition) is 2.